The molecule has 3 heterocycles. The molecule has 0 spiro atoms. The number of hydrogen-bond acceptors (Lipinski definition) is 4. The van der Waals surface area contributed by atoms with Crippen molar-refractivity contribution in [1.82, 2.24) is 19.9 Å². The molecule has 0 saturated carbocycles. The Labute approximate surface area is 198 Å². The van der Waals surface area contributed by atoms with Crippen LogP contribution < -0.4 is 0 Å². The van der Waals surface area contributed by atoms with Crippen molar-refractivity contribution in [2.45, 2.75) is 45.1 Å². The minimum Gasteiger partial charge on any atom is -0.339 e. The van der Waals surface area contributed by atoms with Crippen molar-refractivity contribution >= 4 is 28.3 Å². The lowest BCUT2D eigenvalue weighted by Crippen LogP contribution is -2.46. The van der Waals surface area contributed by atoms with E-state index in [1.54, 1.807) is 12.1 Å². The highest BCUT2D eigenvalue weighted by atomic mass is 32.1. The first kappa shape index (κ1) is 22.6. The number of carbonyl (C=O) groups is 1. The number of amides is 1. The van der Waals surface area contributed by atoms with Crippen molar-refractivity contribution in [3.05, 3.63) is 70.4 Å². The lowest BCUT2D eigenvalue weighted by atomic mass is 9.90. The molecule has 1 N–H and O–H groups in total. The summed E-state index contributed by atoms with van der Waals surface area (Å²) in [6.45, 7) is 4.35. The molecule has 9 heteroatoms. The van der Waals surface area contributed by atoms with E-state index in [-0.39, 0.29) is 29.2 Å². The Morgan fingerprint density at radius 1 is 1.12 bits per heavy atom. The van der Waals surface area contributed by atoms with Gasteiger partial charge in [0.25, 0.3) is 5.91 Å². The molecule has 4 aromatic rings. The molecule has 176 valence electrons. The molecule has 2 aromatic carbocycles. The van der Waals surface area contributed by atoms with Crippen LogP contribution in [-0.4, -0.2) is 38.3 Å². The van der Waals surface area contributed by atoms with Gasteiger partial charge in [0.1, 0.15) is 22.9 Å². The fourth-order valence-electron chi connectivity index (χ4n) is 4.67. The quantitative estimate of drug-likeness (QED) is 0.375. The second-order valence-corrected chi connectivity index (χ2v) is 9.85. The molecule has 0 bridgehead atoms. The molecular formula is C25H23F3N4OS. The van der Waals surface area contributed by atoms with Crippen LogP contribution in [0.25, 0.3) is 21.5 Å². The van der Waals surface area contributed by atoms with E-state index in [9.17, 15) is 18.0 Å². The van der Waals surface area contributed by atoms with Gasteiger partial charge in [0.2, 0.25) is 0 Å². The van der Waals surface area contributed by atoms with Crippen LogP contribution in [0.3, 0.4) is 0 Å². The summed E-state index contributed by atoms with van der Waals surface area (Å²) in [7, 11) is 0. The maximum absolute atomic E-state index is 14.2. The number of hydrogen-bond donors (Lipinski definition) is 1. The van der Waals surface area contributed by atoms with Gasteiger partial charge in [-0.15, -0.1) is 11.3 Å². The normalized spacial score (nSPS) is 17.3. The van der Waals surface area contributed by atoms with Crippen LogP contribution in [0.1, 0.15) is 53.4 Å². The Kier molecular flexibility index (Phi) is 5.89. The van der Waals surface area contributed by atoms with Crippen molar-refractivity contribution in [3.8, 4) is 10.4 Å². The molecule has 2 aromatic heterocycles. The van der Waals surface area contributed by atoms with Crippen LogP contribution in [0.4, 0.5) is 13.2 Å². The summed E-state index contributed by atoms with van der Waals surface area (Å²) in [5.41, 5.74) is 1.48. The molecule has 1 fully saturated rings. The van der Waals surface area contributed by atoms with Crippen molar-refractivity contribution in [2.75, 3.05) is 6.54 Å². The summed E-state index contributed by atoms with van der Waals surface area (Å²) in [6.07, 6.45) is 2.57. The number of nitrogens with one attached hydrogen (secondary N) is 1. The number of piperidine rings is 1. The Hall–Kier alpha value is -3.20. The van der Waals surface area contributed by atoms with Gasteiger partial charge < -0.3 is 9.88 Å². The molecular weight excluding hydrogens is 461 g/mol. The second-order valence-electron chi connectivity index (χ2n) is 8.65. The van der Waals surface area contributed by atoms with Crippen LogP contribution >= 0.6 is 11.3 Å². The van der Waals surface area contributed by atoms with Gasteiger partial charge in [0, 0.05) is 18.5 Å². The predicted molar refractivity (Wildman–Crippen MR) is 125 cm³/mol. The lowest BCUT2D eigenvalue weighted by molar-refractivity contribution is 0.0572. The van der Waals surface area contributed by atoms with E-state index in [1.165, 1.54) is 29.5 Å². The number of imidazole rings is 1. The van der Waals surface area contributed by atoms with Gasteiger partial charge in [0.05, 0.1) is 15.4 Å². The summed E-state index contributed by atoms with van der Waals surface area (Å²) in [5.74, 6) is -2.14. The zero-order valence-corrected chi connectivity index (χ0v) is 19.6. The predicted octanol–water partition coefficient (Wildman–Crippen LogP) is 6.21. The fourth-order valence-corrected chi connectivity index (χ4v) is 5.59. The SMILES string of the molecule is Cc1nc(C(=O)N2CCCCC2C(C)c2nc3ccc(F)c(F)c3[nH]2)c(-c2ccc(F)cc2)s1. The maximum atomic E-state index is 14.2. The molecule has 5 rings (SSSR count). The Bertz CT molecular complexity index is 1360. The van der Waals surface area contributed by atoms with Crippen LogP contribution in [0, 0.1) is 24.4 Å². The number of aromatic nitrogens is 3. The minimum absolute atomic E-state index is 0.0317. The van der Waals surface area contributed by atoms with Crippen molar-refractivity contribution in [1.29, 1.82) is 0 Å². The van der Waals surface area contributed by atoms with E-state index in [4.69, 9.17) is 0 Å². The average molecular weight is 485 g/mol. The van der Waals surface area contributed by atoms with E-state index >= 15 is 0 Å². The molecule has 1 aliphatic rings. The number of likely N-dealkylation sites (tertiary alicyclic amines) is 1. The highest BCUT2D eigenvalue weighted by Crippen LogP contribution is 2.35. The van der Waals surface area contributed by atoms with Gasteiger partial charge in [-0.1, -0.05) is 19.1 Å². The van der Waals surface area contributed by atoms with Gasteiger partial charge in [-0.05, 0) is 56.0 Å². The number of aryl methyl sites for hydroxylation is 1. The number of H-pyrrole nitrogens is 1. The van der Waals surface area contributed by atoms with Gasteiger partial charge >= 0.3 is 0 Å². The van der Waals surface area contributed by atoms with Crippen LogP contribution in [0.5, 0.6) is 0 Å². The Morgan fingerprint density at radius 2 is 1.88 bits per heavy atom. The molecule has 34 heavy (non-hydrogen) atoms. The average Bonchev–Trinajstić information content (AvgIpc) is 3.45. The summed E-state index contributed by atoms with van der Waals surface area (Å²) < 4.78 is 41.3. The van der Waals surface area contributed by atoms with Crippen LogP contribution in [0.2, 0.25) is 0 Å². The number of halogens is 3. The van der Waals surface area contributed by atoms with Crippen molar-refractivity contribution in [3.63, 3.8) is 0 Å². The number of benzene rings is 2. The molecule has 1 amide bonds. The Morgan fingerprint density at radius 3 is 2.65 bits per heavy atom. The van der Waals surface area contributed by atoms with Crippen LogP contribution in [0.15, 0.2) is 36.4 Å². The molecule has 1 saturated heterocycles. The molecule has 2 unspecified atom stereocenters. The number of carbonyl (C=O) groups excluding carboxylic acids is 1. The number of aromatic amines is 1. The largest absolute Gasteiger partial charge is 0.339 e. The van der Waals surface area contributed by atoms with Gasteiger partial charge in [-0.3, -0.25) is 4.79 Å². The second kappa shape index (κ2) is 8.87. The Balaban J connectivity index is 1.48. The summed E-state index contributed by atoms with van der Waals surface area (Å²) in [5, 5.41) is 0.749. The first-order chi connectivity index (χ1) is 16.3. The lowest BCUT2D eigenvalue weighted by Gasteiger charge is -2.38. The van der Waals surface area contributed by atoms with E-state index in [2.05, 4.69) is 15.0 Å². The summed E-state index contributed by atoms with van der Waals surface area (Å²) >= 11 is 1.40. The third-order valence-electron chi connectivity index (χ3n) is 6.43. The number of nitrogens with zero attached hydrogens (tertiary/aromatic N) is 3. The summed E-state index contributed by atoms with van der Waals surface area (Å²) in [4.78, 5) is 28.2. The van der Waals surface area contributed by atoms with Crippen LogP contribution in [-0.2, 0) is 0 Å². The monoisotopic (exact) mass is 484 g/mol. The smallest absolute Gasteiger partial charge is 0.274 e. The van der Waals surface area contributed by atoms with Crippen molar-refractivity contribution in [2.24, 2.45) is 0 Å². The zero-order chi connectivity index (χ0) is 24.0. The maximum Gasteiger partial charge on any atom is 0.274 e. The van der Waals surface area contributed by atoms with E-state index in [0.29, 0.717) is 28.5 Å². The van der Waals surface area contributed by atoms with Gasteiger partial charge in [-0.25, -0.2) is 23.1 Å². The molecule has 2 atom stereocenters. The van der Waals surface area contributed by atoms with Gasteiger partial charge in [0.15, 0.2) is 11.6 Å². The number of rotatable bonds is 4. The molecule has 0 radical (unpaired) electrons. The highest BCUT2D eigenvalue weighted by molar-refractivity contribution is 7.15. The van der Waals surface area contributed by atoms with E-state index in [0.717, 1.165) is 35.9 Å². The minimum atomic E-state index is -0.957. The first-order valence-electron chi connectivity index (χ1n) is 11.2. The first-order valence-corrected chi connectivity index (χ1v) is 12.0. The fraction of sp³-hybridized carbons (Fsp3) is 0.320. The topological polar surface area (TPSA) is 61.9 Å². The third-order valence-corrected chi connectivity index (χ3v) is 7.45. The zero-order valence-electron chi connectivity index (χ0n) is 18.7. The van der Waals surface area contributed by atoms with Gasteiger partial charge in [-0.2, -0.15) is 0 Å². The molecule has 0 aliphatic carbocycles. The van der Waals surface area contributed by atoms with E-state index < -0.39 is 11.6 Å². The number of thiazole rings is 1. The number of fused-ring (bicyclic) bond motifs is 1. The third kappa shape index (κ3) is 3.98. The van der Waals surface area contributed by atoms with E-state index in [1.807, 2.05) is 18.7 Å². The van der Waals surface area contributed by atoms with Crippen molar-refractivity contribution < 1.29 is 18.0 Å². The standard InChI is InChI=1S/C25H23F3N4OS/c1-13(24-30-18-11-10-17(27)20(28)21(18)31-24)19-5-3-4-12-32(19)25(33)22-23(34-14(2)29-22)15-6-8-16(26)9-7-15/h6-11,13,19H,3-5,12H2,1-2H3,(H,30,31). The highest BCUT2D eigenvalue weighted by Gasteiger charge is 2.35. The summed E-state index contributed by atoms with van der Waals surface area (Å²) in [6, 6.07) is 8.36. The molecule has 5 nitrogen and oxygen atoms in total. The molecule has 1 aliphatic heterocycles.